The normalized spacial score (nSPS) is 15.7. The lowest BCUT2D eigenvalue weighted by molar-refractivity contribution is 0.202. The van der Waals surface area contributed by atoms with Gasteiger partial charge < -0.3 is 4.98 Å². The van der Waals surface area contributed by atoms with Gasteiger partial charge in [-0.2, -0.15) is 5.26 Å². The molecule has 0 spiro atoms. The number of rotatable bonds is 3. The molecular formula is C22H22N4O. The number of aromatic nitrogens is 2. The van der Waals surface area contributed by atoms with Gasteiger partial charge in [-0.25, -0.2) is 4.98 Å². The van der Waals surface area contributed by atoms with E-state index >= 15 is 0 Å². The van der Waals surface area contributed by atoms with Crippen molar-refractivity contribution in [1.29, 1.82) is 5.26 Å². The van der Waals surface area contributed by atoms with Crippen LogP contribution in [0.2, 0.25) is 0 Å². The molecule has 1 aliphatic heterocycles. The molecule has 3 aromatic rings. The van der Waals surface area contributed by atoms with Crippen LogP contribution in [0.4, 0.5) is 0 Å². The third kappa shape index (κ3) is 3.76. The molecule has 1 N–H and O–H groups in total. The molecule has 0 amide bonds. The molecule has 0 aliphatic carbocycles. The first-order chi connectivity index (χ1) is 13.1. The lowest BCUT2D eigenvalue weighted by Gasteiger charge is -2.31. The van der Waals surface area contributed by atoms with E-state index in [1.54, 1.807) is 0 Å². The zero-order valence-electron chi connectivity index (χ0n) is 15.4. The summed E-state index contributed by atoms with van der Waals surface area (Å²) in [5.74, 6) is 1.11. The first-order valence-electron chi connectivity index (χ1n) is 9.34. The van der Waals surface area contributed by atoms with Crippen LogP contribution in [0.1, 0.15) is 41.3 Å². The summed E-state index contributed by atoms with van der Waals surface area (Å²) in [7, 11) is 0. The van der Waals surface area contributed by atoms with Crippen LogP contribution in [0, 0.1) is 18.3 Å². The van der Waals surface area contributed by atoms with Gasteiger partial charge in [0, 0.05) is 12.5 Å². The summed E-state index contributed by atoms with van der Waals surface area (Å²) in [6.45, 7) is 4.82. The van der Waals surface area contributed by atoms with Crippen molar-refractivity contribution in [2.24, 2.45) is 0 Å². The van der Waals surface area contributed by atoms with Gasteiger partial charge in [0.2, 0.25) is 0 Å². The van der Waals surface area contributed by atoms with E-state index in [0.29, 0.717) is 16.9 Å². The van der Waals surface area contributed by atoms with Crippen LogP contribution in [0.25, 0.3) is 10.9 Å². The minimum atomic E-state index is -0.0429. The van der Waals surface area contributed by atoms with Gasteiger partial charge in [-0.3, -0.25) is 9.69 Å². The second-order valence-corrected chi connectivity index (χ2v) is 7.33. The quantitative estimate of drug-likeness (QED) is 0.778. The average molecular weight is 358 g/mol. The molecule has 5 nitrogen and oxygen atoms in total. The molecule has 0 radical (unpaired) electrons. The fourth-order valence-electron chi connectivity index (χ4n) is 3.77. The maximum absolute atomic E-state index is 12.4. The second-order valence-electron chi connectivity index (χ2n) is 7.33. The van der Waals surface area contributed by atoms with Crippen LogP contribution < -0.4 is 5.56 Å². The summed E-state index contributed by atoms with van der Waals surface area (Å²) < 4.78 is 0. The van der Waals surface area contributed by atoms with Crippen LogP contribution in [0.3, 0.4) is 0 Å². The molecule has 2 heterocycles. The number of nitrogens with one attached hydrogen (secondary N) is 1. The van der Waals surface area contributed by atoms with E-state index < -0.39 is 0 Å². The van der Waals surface area contributed by atoms with Crippen molar-refractivity contribution >= 4 is 10.9 Å². The van der Waals surface area contributed by atoms with E-state index in [4.69, 9.17) is 10.2 Å². The van der Waals surface area contributed by atoms with Crippen molar-refractivity contribution in [2.45, 2.75) is 32.2 Å². The van der Waals surface area contributed by atoms with Crippen molar-refractivity contribution in [3.05, 3.63) is 75.3 Å². The first-order valence-corrected chi connectivity index (χ1v) is 9.34. The predicted molar refractivity (Wildman–Crippen MR) is 106 cm³/mol. The van der Waals surface area contributed by atoms with Gasteiger partial charge in [-0.05, 0) is 62.7 Å². The highest BCUT2D eigenvalue weighted by atomic mass is 16.1. The molecular weight excluding hydrogens is 336 g/mol. The van der Waals surface area contributed by atoms with Crippen molar-refractivity contribution in [3.8, 4) is 6.07 Å². The highest BCUT2D eigenvalue weighted by molar-refractivity contribution is 5.78. The average Bonchev–Trinajstić information content (AvgIpc) is 2.69. The largest absolute Gasteiger partial charge is 0.310 e. The van der Waals surface area contributed by atoms with E-state index in [-0.39, 0.29) is 5.56 Å². The highest BCUT2D eigenvalue weighted by Gasteiger charge is 2.23. The van der Waals surface area contributed by atoms with Gasteiger partial charge in [-0.15, -0.1) is 0 Å². The molecule has 0 unspecified atom stereocenters. The van der Waals surface area contributed by atoms with Crippen LogP contribution in [0.15, 0.2) is 47.3 Å². The van der Waals surface area contributed by atoms with Crippen LogP contribution in [0.5, 0.6) is 0 Å². The summed E-state index contributed by atoms with van der Waals surface area (Å²) in [5, 5.41) is 9.56. The first kappa shape index (κ1) is 17.4. The second kappa shape index (κ2) is 7.34. The van der Waals surface area contributed by atoms with E-state index in [2.05, 4.69) is 16.0 Å². The fraction of sp³-hybridized carbons (Fsp3) is 0.318. The molecule has 1 aromatic heterocycles. The number of nitriles is 1. The maximum atomic E-state index is 12.4. The number of likely N-dealkylation sites (tertiary alicyclic amines) is 1. The lowest BCUT2D eigenvalue weighted by Crippen LogP contribution is -2.33. The van der Waals surface area contributed by atoms with Crippen molar-refractivity contribution in [3.63, 3.8) is 0 Å². The Kier molecular flexibility index (Phi) is 4.74. The van der Waals surface area contributed by atoms with Crippen molar-refractivity contribution < 1.29 is 0 Å². The monoisotopic (exact) mass is 358 g/mol. The SMILES string of the molecule is Cc1ccc2nc(C3CCN(Cc4ccc(C#N)cc4)CC3)[nH]c(=O)c2c1. The minimum absolute atomic E-state index is 0.0429. The number of benzene rings is 2. The zero-order valence-corrected chi connectivity index (χ0v) is 15.4. The highest BCUT2D eigenvalue weighted by Crippen LogP contribution is 2.26. The fourth-order valence-corrected chi connectivity index (χ4v) is 3.77. The molecule has 0 atom stereocenters. The molecule has 2 aromatic carbocycles. The molecule has 4 rings (SSSR count). The topological polar surface area (TPSA) is 72.8 Å². The molecule has 1 aliphatic rings. The lowest BCUT2D eigenvalue weighted by atomic mass is 9.95. The smallest absolute Gasteiger partial charge is 0.258 e. The molecule has 1 saturated heterocycles. The van der Waals surface area contributed by atoms with Crippen LogP contribution in [-0.2, 0) is 6.54 Å². The van der Waals surface area contributed by atoms with Crippen LogP contribution >= 0.6 is 0 Å². The van der Waals surface area contributed by atoms with Gasteiger partial charge in [0.25, 0.3) is 5.56 Å². The molecule has 27 heavy (non-hydrogen) atoms. The summed E-state index contributed by atoms with van der Waals surface area (Å²) in [5.41, 5.74) is 3.72. The van der Waals surface area contributed by atoms with Gasteiger partial charge in [0.15, 0.2) is 0 Å². The Labute approximate surface area is 158 Å². The number of nitrogens with zero attached hydrogens (tertiary/aromatic N) is 3. The number of hydrogen-bond donors (Lipinski definition) is 1. The molecule has 136 valence electrons. The third-order valence-corrected chi connectivity index (χ3v) is 5.34. The Hall–Kier alpha value is -2.97. The number of fused-ring (bicyclic) bond motifs is 1. The molecule has 1 fully saturated rings. The Morgan fingerprint density at radius 2 is 1.93 bits per heavy atom. The number of H-pyrrole nitrogens is 1. The van der Waals surface area contributed by atoms with E-state index in [1.165, 1.54) is 5.56 Å². The number of aryl methyl sites for hydroxylation is 1. The Morgan fingerprint density at radius 3 is 2.63 bits per heavy atom. The summed E-state index contributed by atoms with van der Waals surface area (Å²) in [4.78, 5) is 22.6. The summed E-state index contributed by atoms with van der Waals surface area (Å²) in [6.07, 6.45) is 1.97. The van der Waals surface area contributed by atoms with Crippen LogP contribution in [-0.4, -0.2) is 28.0 Å². The molecule has 0 saturated carbocycles. The minimum Gasteiger partial charge on any atom is -0.310 e. The van der Waals surface area contributed by atoms with E-state index in [0.717, 1.165) is 49.4 Å². The predicted octanol–water partition coefficient (Wildman–Crippen LogP) is 3.48. The van der Waals surface area contributed by atoms with Gasteiger partial charge in [0.1, 0.15) is 5.82 Å². The molecule has 0 bridgehead atoms. The van der Waals surface area contributed by atoms with Crippen molar-refractivity contribution in [2.75, 3.05) is 13.1 Å². The van der Waals surface area contributed by atoms with E-state index in [9.17, 15) is 4.79 Å². The molecule has 5 heteroatoms. The van der Waals surface area contributed by atoms with Gasteiger partial charge >= 0.3 is 0 Å². The Morgan fingerprint density at radius 1 is 1.19 bits per heavy atom. The number of piperidine rings is 1. The third-order valence-electron chi connectivity index (χ3n) is 5.34. The summed E-state index contributed by atoms with van der Waals surface area (Å²) >= 11 is 0. The Balaban J connectivity index is 1.44. The zero-order chi connectivity index (χ0) is 18.8. The summed E-state index contributed by atoms with van der Waals surface area (Å²) in [6, 6.07) is 15.8. The number of aromatic amines is 1. The maximum Gasteiger partial charge on any atom is 0.258 e. The van der Waals surface area contributed by atoms with Gasteiger partial charge in [-0.1, -0.05) is 23.8 Å². The van der Waals surface area contributed by atoms with Crippen molar-refractivity contribution in [1.82, 2.24) is 14.9 Å². The van der Waals surface area contributed by atoms with Gasteiger partial charge in [0.05, 0.1) is 22.5 Å². The standard InChI is InChI=1S/C22H22N4O/c1-15-2-7-20-19(12-15)22(27)25-21(24-20)18-8-10-26(11-9-18)14-17-5-3-16(13-23)4-6-17/h2-7,12,18H,8-11,14H2,1H3,(H,24,25,27). The Bertz CT molecular complexity index is 1050. The van der Waals surface area contributed by atoms with E-state index in [1.807, 2.05) is 49.4 Å². The number of hydrogen-bond acceptors (Lipinski definition) is 4.